The molecule has 0 aromatic heterocycles. The van der Waals surface area contributed by atoms with Crippen molar-refractivity contribution in [3.63, 3.8) is 0 Å². The van der Waals surface area contributed by atoms with Crippen LogP contribution in [0.25, 0.3) is 0 Å². The van der Waals surface area contributed by atoms with Crippen molar-refractivity contribution in [2.24, 2.45) is 5.73 Å². The first kappa shape index (κ1) is 12.1. The third kappa shape index (κ3) is 2.29. The summed E-state index contributed by atoms with van der Waals surface area (Å²) in [5, 5.41) is 0.0747. The molecule has 0 saturated carbocycles. The number of nitrogens with two attached hydrogens (primary N) is 1. The van der Waals surface area contributed by atoms with Crippen LogP contribution in [0.4, 0.5) is 0 Å². The van der Waals surface area contributed by atoms with Crippen molar-refractivity contribution in [3.8, 4) is 0 Å². The van der Waals surface area contributed by atoms with E-state index in [0.29, 0.717) is 6.54 Å². The molecule has 0 rings (SSSR count). The van der Waals surface area contributed by atoms with Crippen LogP contribution in [0.1, 0.15) is 20.3 Å². The van der Waals surface area contributed by atoms with Crippen LogP contribution in [0.3, 0.4) is 0 Å². The zero-order valence-electron chi connectivity index (χ0n) is 8.81. The molecule has 0 aliphatic rings. The minimum atomic E-state index is -2.03. The molecule has 74 valence electrons. The topological polar surface area (TPSA) is 44.5 Å². The summed E-state index contributed by atoms with van der Waals surface area (Å²) in [6, 6.07) is 0. The third-order valence-electron chi connectivity index (χ3n) is 2.78. The first-order chi connectivity index (χ1) is 5.43. The fraction of sp³-hybridized carbons (Fsp3) is 1.00. The molecule has 0 saturated heterocycles. The maximum Gasteiger partial charge on any atom is 0.340 e. The van der Waals surface area contributed by atoms with E-state index >= 15 is 0 Å². The quantitative estimate of drug-likeness (QED) is 0.669. The van der Waals surface area contributed by atoms with Crippen molar-refractivity contribution in [3.05, 3.63) is 0 Å². The smallest absolute Gasteiger partial charge is 0.340 e. The molecular weight excluding hydrogens is 170 g/mol. The summed E-state index contributed by atoms with van der Waals surface area (Å²) in [5.41, 5.74) is 5.53. The van der Waals surface area contributed by atoms with Crippen molar-refractivity contribution < 1.29 is 8.85 Å². The van der Waals surface area contributed by atoms with Crippen LogP contribution < -0.4 is 5.73 Å². The van der Waals surface area contributed by atoms with Gasteiger partial charge in [0.1, 0.15) is 0 Å². The molecule has 0 unspecified atom stereocenters. The van der Waals surface area contributed by atoms with Crippen molar-refractivity contribution in [2.75, 3.05) is 20.8 Å². The zero-order valence-corrected chi connectivity index (χ0v) is 9.81. The highest BCUT2D eigenvalue weighted by Crippen LogP contribution is 2.40. The Morgan fingerprint density at radius 1 is 1.25 bits per heavy atom. The molecule has 0 aromatic carbocycles. The van der Waals surface area contributed by atoms with Crippen molar-refractivity contribution in [1.29, 1.82) is 0 Å². The minimum absolute atomic E-state index is 0.0747. The molecule has 0 amide bonds. The molecule has 12 heavy (non-hydrogen) atoms. The van der Waals surface area contributed by atoms with Gasteiger partial charge in [0.2, 0.25) is 0 Å². The number of hydrogen-bond acceptors (Lipinski definition) is 3. The van der Waals surface area contributed by atoms with E-state index in [4.69, 9.17) is 14.6 Å². The van der Waals surface area contributed by atoms with Crippen LogP contribution in [0.15, 0.2) is 0 Å². The Bertz CT molecular complexity index is 135. The van der Waals surface area contributed by atoms with Crippen molar-refractivity contribution in [2.45, 2.75) is 31.9 Å². The van der Waals surface area contributed by atoms with Crippen LogP contribution >= 0.6 is 0 Å². The first-order valence-corrected chi connectivity index (χ1v) is 6.55. The predicted octanol–water partition coefficient (Wildman–Crippen LogP) is 1.48. The fourth-order valence-electron chi connectivity index (χ4n) is 1.22. The molecule has 0 aliphatic carbocycles. The number of rotatable bonds is 5. The Kier molecular flexibility index (Phi) is 4.40. The molecule has 0 heterocycles. The van der Waals surface area contributed by atoms with Gasteiger partial charge in [-0.25, -0.2) is 0 Å². The maximum absolute atomic E-state index is 5.53. The Morgan fingerprint density at radius 3 is 1.92 bits per heavy atom. The van der Waals surface area contributed by atoms with Gasteiger partial charge in [-0.3, -0.25) is 0 Å². The van der Waals surface area contributed by atoms with E-state index in [-0.39, 0.29) is 5.04 Å². The highest BCUT2D eigenvalue weighted by atomic mass is 28.4. The summed E-state index contributed by atoms with van der Waals surface area (Å²) in [6.07, 6.45) is 0.942. The summed E-state index contributed by atoms with van der Waals surface area (Å²) < 4.78 is 10.9. The highest BCUT2D eigenvalue weighted by molar-refractivity contribution is 6.69. The van der Waals surface area contributed by atoms with Gasteiger partial charge in [0.15, 0.2) is 0 Å². The van der Waals surface area contributed by atoms with E-state index in [1.807, 2.05) is 0 Å². The lowest BCUT2D eigenvalue weighted by Gasteiger charge is -2.38. The molecule has 0 atom stereocenters. The largest absolute Gasteiger partial charge is 0.397 e. The molecule has 2 N–H and O–H groups in total. The summed E-state index contributed by atoms with van der Waals surface area (Å²) in [7, 11) is 1.41. The Hall–Kier alpha value is 0.0969. The first-order valence-electron chi connectivity index (χ1n) is 4.24. The maximum atomic E-state index is 5.53. The average Bonchev–Trinajstić information content (AvgIpc) is 2.02. The second kappa shape index (κ2) is 4.37. The lowest BCUT2D eigenvalue weighted by atomic mass is 10.1. The molecule has 0 spiro atoms. The van der Waals surface area contributed by atoms with Gasteiger partial charge in [0, 0.05) is 19.3 Å². The van der Waals surface area contributed by atoms with Crippen LogP contribution in [0.2, 0.25) is 11.6 Å². The fourth-order valence-corrected chi connectivity index (χ4v) is 3.09. The normalized spacial score (nSPS) is 13.5. The van der Waals surface area contributed by atoms with E-state index in [1.165, 1.54) is 0 Å². The van der Waals surface area contributed by atoms with Gasteiger partial charge < -0.3 is 14.6 Å². The van der Waals surface area contributed by atoms with Gasteiger partial charge >= 0.3 is 8.56 Å². The van der Waals surface area contributed by atoms with Gasteiger partial charge in [-0.15, -0.1) is 0 Å². The standard InChI is InChI=1S/C8H21NO2Si/c1-8(2,6-7-9)12(5,10-3)11-4/h6-7,9H2,1-5H3. The van der Waals surface area contributed by atoms with Gasteiger partial charge in [0.25, 0.3) is 0 Å². The Labute approximate surface area is 76.5 Å². The Balaban J connectivity index is 4.46. The average molecular weight is 191 g/mol. The number of hydrogen-bond donors (Lipinski definition) is 1. The molecule has 0 radical (unpaired) electrons. The van der Waals surface area contributed by atoms with Gasteiger partial charge in [-0.2, -0.15) is 0 Å². The van der Waals surface area contributed by atoms with E-state index in [0.717, 1.165) is 6.42 Å². The van der Waals surface area contributed by atoms with Crippen LogP contribution in [-0.4, -0.2) is 29.3 Å². The molecular formula is C8H21NO2Si. The van der Waals surface area contributed by atoms with Crippen molar-refractivity contribution in [1.82, 2.24) is 0 Å². The van der Waals surface area contributed by atoms with Crippen LogP contribution in [0, 0.1) is 0 Å². The lowest BCUT2D eigenvalue weighted by Crippen LogP contribution is -2.47. The highest BCUT2D eigenvalue weighted by Gasteiger charge is 2.45. The lowest BCUT2D eigenvalue weighted by molar-refractivity contribution is 0.214. The second-order valence-electron chi connectivity index (χ2n) is 3.78. The summed E-state index contributed by atoms with van der Waals surface area (Å²) >= 11 is 0. The van der Waals surface area contributed by atoms with E-state index in [2.05, 4.69) is 20.4 Å². The molecule has 4 heteroatoms. The molecule has 0 bridgehead atoms. The van der Waals surface area contributed by atoms with Crippen molar-refractivity contribution >= 4 is 8.56 Å². The van der Waals surface area contributed by atoms with Gasteiger partial charge in [-0.05, 0) is 19.5 Å². The third-order valence-corrected chi connectivity index (χ3v) is 7.04. The minimum Gasteiger partial charge on any atom is -0.397 e. The molecule has 0 aliphatic heterocycles. The molecule has 0 aromatic rings. The van der Waals surface area contributed by atoms with Gasteiger partial charge in [0.05, 0.1) is 0 Å². The molecule has 3 nitrogen and oxygen atoms in total. The summed E-state index contributed by atoms with van der Waals surface area (Å²) in [4.78, 5) is 0. The predicted molar refractivity (Wildman–Crippen MR) is 53.3 cm³/mol. The van der Waals surface area contributed by atoms with E-state index in [9.17, 15) is 0 Å². The SMILES string of the molecule is CO[Si](C)(OC)C(C)(C)CCN. The van der Waals surface area contributed by atoms with Crippen LogP contribution in [0.5, 0.6) is 0 Å². The van der Waals surface area contributed by atoms with Gasteiger partial charge in [-0.1, -0.05) is 13.8 Å². The van der Waals surface area contributed by atoms with Crippen LogP contribution in [-0.2, 0) is 8.85 Å². The summed E-state index contributed by atoms with van der Waals surface area (Å²) in [6.45, 7) is 7.06. The second-order valence-corrected chi connectivity index (χ2v) is 7.84. The zero-order chi connectivity index (χ0) is 9.83. The van der Waals surface area contributed by atoms with E-state index in [1.54, 1.807) is 14.2 Å². The summed E-state index contributed by atoms with van der Waals surface area (Å²) in [5.74, 6) is 0. The monoisotopic (exact) mass is 191 g/mol. The molecule has 0 fully saturated rings. The van der Waals surface area contributed by atoms with E-state index < -0.39 is 8.56 Å². The Morgan fingerprint density at radius 2 is 1.67 bits per heavy atom.